The maximum atomic E-state index is 2.40. The van der Waals surface area contributed by atoms with Gasteiger partial charge in [0.25, 0.3) is 0 Å². The first-order chi connectivity index (χ1) is 24.8. The van der Waals surface area contributed by atoms with Crippen molar-refractivity contribution in [2.24, 2.45) is 0 Å². The number of halogens is 1. The summed E-state index contributed by atoms with van der Waals surface area (Å²) in [5.41, 5.74) is 15.7. The zero-order chi connectivity index (χ0) is 35.5. The molecule has 0 saturated carbocycles. The molecule has 0 fully saturated rings. The predicted octanol–water partition coefficient (Wildman–Crippen LogP) is 9.83. The number of nitrogens with zero attached hydrogens (tertiary/aromatic N) is 2. The van der Waals surface area contributed by atoms with Gasteiger partial charge in [0.15, 0.2) is 6.67 Å². The molecule has 0 aliphatic carbocycles. The van der Waals surface area contributed by atoms with E-state index in [4.69, 9.17) is 0 Å². The second-order valence-corrected chi connectivity index (χ2v) is 14.3. The fraction of sp³-hybridized carbons (Fsp3) is 0.204. The van der Waals surface area contributed by atoms with E-state index >= 15 is 0 Å². The van der Waals surface area contributed by atoms with Crippen LogP contribution in [-0.2, 0) is 17.1 Å². The molecule has 0 spiro atoms. The molecule has 4 atom stereocenters. The quantitative estimate of drug-likeness (QED) is 0.128. The fourth-order valence-corrected chi connectivity index (χ4v) is 7.89. The van der Waals surface area contributed by atoms with Gasteiger partial charge in [0.1, 0.15) is 0 Å². The monoisotopic (exact) mass is 763 g/mol. The minimum atomic E-state index is 0. The molecule has 6 aromatic rings. The molecular weight excluding hydrogens is 716 g/mol. The maximum Gasteiger partial charge on any atom is 1.00 e. The van der Waals surface area contributed by atoms with Gasteiger partial charge in [-0.15, -0.1) is 0 Å². The van der Waals surface area contributed by atoms with E-state index in [1.54, 1.807) is 0 Å². The van der Waals surface area contributed by atoms with Gasteiger partial charge in [-0.2, -0.15) is 0 Å². The van der Waals surface area contributed by atoms with E-state index in [2.05, 4.69) is 216 Å². The Morgan fingerprint density at radius 3 is 0.830 bits per heavy atom. The number of anilines is 2. The van der Waals surface area contributed by atoms with E-state index in [1.807, 2.05) is 0 Å². The molecule has 0 aromatic heterocycles. The normalized spacial score (nSPS) is 14.5. The number of rotatable bonds is 10. The summed E-state index contributed by atoms with van der Waals surface area (Å²) in [6.45, 7) is 16.2. The Morgan fingerprint density at radius 1 is 0.377 bits per heavy atom. The average molecular weight is 765 g/mol. The summed E-state index contributed by atoms with van der Waals surface area (Å²) in [5.74, 6) is 0.835. The first-order valence-electron chi connectivity index (χ1n) is 18.4. The van der Waals surface area contributed by atoms with Crippen LogP contribution in [-0.4, -0.2) is 0 Å². The van der Waals surface area contributed by atoms with Crippen LogP contribution < -0.4 is 22.2 Å². The van der Waals surface area contributed by atoms with Crippen LogP contribution in [0.5, 0.6) is 0 Å². The minimum absolute atomic E-state index is 0. The Hall–Kier alpha value is -4.53. The predicted molar refractivity (Wildman–Crippen MR) is 217 cm³/mol. The molecule has 1 aliphatic heterocycles. The van der Waals surface area contributed by atoms with E-state index < -0.39 is 0 Å². The Kier molecular flexibility index (Phi) is 13.1. The Labute approximate surface area is 334 Å². The van der Waals surface area contributed by atoms with E-state index in [1.165, 1.54) is 67.0 Å². The largest absolute Gasteiger partial charge is 1.00 e. The zero-order valence-corrected chi connectivity index (χ0v) is 33.2. The number of benzene rings is 6. The first kappa shape index (κ1) is 39.7. The third kappa shape index (κ3) is 8.34. The van der Waals surface area contributed by atoms with Crippen molar-refractivity contribution in [2.75, 3.05) is 9.80 Å². The zero-order valence-electron chi connectivity index (χ0n) is 31.5. The number of aryl methyl sites for hydroxylation is 2. The standard InChI is InChI=1S/C49H49N2.ClH.Cu/c1-34-29-44(36(3)40-19-11-7-12-20-40)48(45(30-34)37(4)41-21-13-8-14-22-41)50-27-28-51(33-50)49-46(38(5)42-23-15-9-16-24-42)31-35(2)32-47(49)39(6)43-25-17-10-18-26-43;;/h7-33,36-39H,1-6H3;1H;/q;;+1/p-1. The van der Waals surface area contributed by atoms with Crippen LogP contribution in [0.3, 0.4) is 0 Å². The third-order valence-electron chi connectivity index (χ3n) is 10.8. The van der Waals surface area contributed by atoms with E-state index in [0.717, 1.165) is 0 Å². The summed E-state index contributed by atoms with van der Waals surface area (Å²) in [6.07, 6.45) is 4.53. The third-order valence-corrected chi connectivity index (χ3v) is 10.8. The van der Waals surface area contributed by atoms with Crippen molar-refractivity contribution in [3.63, 3.8) is 0 Å². The molecule has 0 amide bonds. The number of hydrogen-bond donors (Lipinski definition) is 0. The topological polar surface area (TPSA) is 6.48 Å². The van der Waals surface area contributed by atoms with Crippen molar-refractivity contribution in [3.8, 4) is 0 Å². The molecule has 1 heterocycles. The molecule has 0 N–H and O–H groups in total. The van der Waals surface area contributed by atoms with Crippen molar-refractivity contribution in [3.05, 3.63) is 220 Å². The fourth-order valence-electron chi connectivity index (χ4n) is 7.89. The van der Waals surface area contributed by atoms with E-state index in [9.17, 15) is 0 Å². The van der Waals surface area contributed by atoms with Gasteiger partial charge in [0.05, 0.1) is 11.4 Å². The van der Waals surface area contributed by atoms with E-state index in [-0.39, 0.29) is 53.1 Å². The van der Waals surface area contributed by atoms with Crippen LogP contribution in [0.25, 0.3) is 0 Å². The van der Waals surface area contributed by atoms with Crippen LogP contribution in [0.2, 0.25) is 0 Å². The van der Waals surface area contributed by atoms with Gasteiger partial charge in [0, 0.05) is 36.1 Å². The first-order valence-corrected chi connectivity index (χ1v) is 18.4. The number of hydrogen-bond acceptors (Lipinski definition) is 2. The summed E-state index contributed by atoms with van der Waals surface area (Å²) in [4.78, 5) is 4.77. The molecule has 0 bridgehead atoms. The minimum Gasteiger partial charge on any atom is -1.00 e. The van der Waals surface area contributed by atoms with Crippen LogP contribution in [0.1, 0.15) is 107 Å². The van der Waals surface area contributed by atoms with Crippen LogP contribution in [0, 0.1) is 20.5 Å². The van der Waals surface area contributed by atoms with Gasteiger partial charge in [-0.25, -0.2) is 0 Å². The van der Waals surface area contributed by atoms with Crippen LogP contribution in [0.15, 0.2) is 158 Å². The molecule has 1 aliphatic rings. The maximum absolute atomic E-state index is 2.40. The van der Waals surface area contributed by atoms with Crippen molar-refractivity contribution in [1.82, 2.24) is 0 Å². The average Bonchev–Trinajstić information content (AvgIpc) is 3.66. The Morgan fingerprint density at radius 2 is 0.604 bits per heavy atom. The summed E-state index contributed by atoms with van der Waals surface area (Å²) in [6, 6.07) is 53.3. The smallest absolute Gasteiger partial charge is 1.00 e. The van der Waals surface area contributed by atoms with Crippen molar-refractivity contribution in [2.45, 2.75) is 65.2 Å². The molecule has 7 rings (SSSR count). The molecule has 1 radical (unpaired) electrons. The molecular formula is C49H49ClCuN2. The SMILES string of the molecule is Cc1cc(C(C)c2ccccc2)c(N2[CH]N(c3c(C(C)c4ccccc4)cc(C)cc3C(C)c3ccccc3)C=C2)c(C(C)c2ccccc2)c1.[Cl-].[Cu+]. The van der Waals surface area contributed by atoms with E-state index in [0.29, 0.717) is 0 Å². The van der Waals surface area contributed by atoms with Crippen LogP contribution in [0.4, 0.5) is 11.4 Å². The second kappa shape index (κ2) is 17.5. The molecule has 6 aromatic carbocycles. The van der Waals surface area contributed by atoms with Gasteiger partial charge in [-0.1, -0.05) is 184 Å². The molecule has 2 nitrogen and oxygen atoms in total. The molecule has 273 valence electrons. The summed E-state index contributed by atoms with van der Waals surface area (Å²) < 4.78 is 0. The van der Waals surface area contributed by atoms with Crippen molar-refractivity contribution < 1.29 is 29.5 Å². The summed E-state index contributed by atoms with van der Waals surface area (Å²) >= 11 is 0. The van der Waals surface area contributed by atoms with Crippen LogP contribution >= 0.6 is 0 Å². The van der Waals surface area contributed by atoms with Gasteiger partial charge >= 0.3 is 17.1 Å². The van der Waals surface area contributed by atoms with Gasteiger partial charge in [-0.05, 0) is 58.4 Å². The molecule has 4 unspecified atom stereocenters. The Bertz CT molecular complexity index is 1830. The summed E-state index contributed by atoms with van der Waals surface area (Å²) in [7, 11) is 0. The van der Waals surface area contributed by atoms with Crippen molar-refractivity contribution >= 4 is 11.4 Å². The molecule has 4 heteroatoms. The molecule has 0 saturated heterocycles. The van der Waals surface area contributed by atoms with Crippen molar-refractivity contribution in [1.29, 1.82) is 0 Å². The van der Waals surface area contributed by atoms with Gasteiger partial charge in [-0.3, -0.25) is 0 Å². The summed E-state index contributed by atoms with van der Waals surface area (Å²) in [5, 5.41) is 0. The Balaban J connectivity index is 0.00000271. The molecule has 53 heavy (non-hydrogen) atoms. The van der Waals surface area contributed by atoms with Gasteiger partial charge in [0.2, 0.25) is 0 Å². The second-order valence-electron chi connectivity index (χ2n) is 14.3. The van der Waals surface area contributed by atoms with Gasteiger partial charge < -0.3 is 22.2 Å².